The minimum absolute atomic E-state index is 0.00722. The first-order chi connectivity index (χ1) is 14.7. The molecule has 0 aliphatic carbocycles. The monoisotopic (exact) mass is 493 g/mol. The number of nitrogens with zero attached hydrogens (tertiary/aromatic N) is 1. The smallest absolute Gasteiger partial charge is 0.324 e. The van der Waals surface area contributed by atoms with E-state index >= 15 is 0 Å². The Balaban J connectivity index is 1.73. The summed E-state index contributed by atoms with van der Waals surface area (Å²) < 4.78 is 21.8. The molecule has 3 N–H and O–H groups in total. The van der Waals surface area contributed by atoms with Gasteiger partial charge in [0.15, 0.2) is 5.11 Å². The molecule has 5 atom stereocenters. The molecule has 2 unspecified atom stereocenters. The summed E-state index contributed by atoms with van der Waals surface area (Å²) in [5.74, 6) is -0.624. The van der Waals surface area contributed by atoms with Crippen molar-refractivity contribution in [3.63, 3.8) is 0 Å². The van der Waals surface area contributed by atoms with Gasteiger partial charge in [-0.15, -0.1) is 0 Å². The molecule has 0 saturated carbocycles. The van der Waals surface area contributed by atoms with Crippen LogP contribution in [0.1, 0.15) is 12.8 Å². The van der Waals surface area contributed by atoms with Crippen LogP contribution in [0.25, 0.3) is 0 Å². The third-order valence-electron chi connectivity index (χ3n) is 5.12. The van der Waals surface area contributed by atoms with Gasteiger partial charge in [-0.25, -0.2) is 0 Å². The van der Waals surface area contributed by atoms with Crippen LogP contribution >= 0.6 is 18.9 Å². The molecule has 174 valence electrons. The van der Waals surface area contributed by atoms with Gasteiger partial charge in [-0.2, -0.15) is 0 Å². The van der Waals surface area contributed by atoms with Gasteiger partial charge in [-0.3, -0.25) is 14.5 Å². The van der Waals surface area contributed by atoms with Gasteiger partial charge in [0.25, 0.3) is 11.8 Å². The Morgan fingerprint density at radius 3 is 2.55 bits per heavy atom. The minimum Gasteiger partial charge on any atom is -0.382 e. The normalized spacial score (nSPS) is 27.5. The van der Waals surface area contributed by atoms with Gasteiger partial charge in [0.05, 0.1) is 6.61 Å². The zero-order valence-electron chi connectivity index (χ0n) is 17.8. The fourth-order valence-corrected chi connectivity index (χ4v) is 4.76. The highest BCUT2D eigenvalue weighted by atomic mass is 32.5. The highest BCUT2D eigenvalue weighted by Crippen LogP contribution is 2.48. The summed E-state index contributed by atoms with van der Waals surface area (Å²) in [7, 11) is 4.86. The molecule has 0 aromatic carbocycles. The van der Waals surface area contributed by atoms with Crippen LogP contribution in [-0.2, 0) is 39.9 Å². The van der Waals surface area contributed by atoms with Crippen molar-refractivity contribution in [3.05, 3.63) is 12.2 Å². The van der Waals surface area contributed by atoms with Crippen molar-refractivity contribution in [2.45, 2.75) is 31.1 Å². The Bertz CT molecular complexity index is 727. The maximum Gasteiger partial charge on any atom is 0.324 e. The summed E-state index contributed by atoms with van der Waals surface area (Å²) in [6.07, 6.45) is 3.26. The molecule has 2 aliphatic rings. The predicted molar refractivity (Wildman–Crippen MR) is 125 cm³/mol. The first kappa shape index (κ1) is 26.3. The Morgan fingerprint density at radius 2 is 1.94 bits per heavy atom. The molecule has 1 saturated heterocycles. The fraction of sp³-hybridized carbons (Fsp3) is 0.706. The maximum absolute atomic E-state index is 11.5. The van der Waals surface area contributed by atoms with Crippen molar-refractivity contribution >= 4 is 55.5 Å². The van der Waals surface area contributed by atoms with Crippen LogP contribution in [0, 0.1) is 5.92 Å². The molecular formula is C17H29BN3O7PS2. The van der Waals surface area contributed by atoms with E-state index in [0.717, 1.165) is 17.7 Å². The van der Waals surface area contributed by atoms with Crippen molar-refractivity contribution in [2.75, 3.05) is 40.5 Å². The molecule has 2 rings (SSSR count). The van der Waals surface area contributed by atoms with Gasteiger partial charge < -0.3 is 34.0 Å². The molecule has 0 radical (unpaired) electrons. The fourth-order valence-electron chi connectivity index (χ4n) is 3.57. The van der Waals surface area contributed by atoms with E-state index in [4.69, 9.17) is 42.5 Å². The van der Waals surface area contributed by atoms with E-state index < -0.39 is 12.8 Å². The van der Waals surface area contributed by atoms with Crippen LogP contribution in [-0.4, -0.2) is 93.2 Å². The molecule has 0 aromatic rings. The number of carbonyl (C=O) groups excluding carboxylic acids is 2. The molecule has 2 aliphatic heterocycles. The van der Waals surface area contributed by atoms with Crippen molar-refractivity contribution in [1.29, 1.82) is 0 Å². The molecule has 0 spiro atoms. The van der Waals surface area contributed by atoms with E-state index in [9.17, 15) is 14.5 Å². The number of methoxy groups -OCH3 is 1. The lowest BCUT2D eigenvalue weighted by molar-refractivity contribution is -0.136. The molecule has 31 heavy (non-hydrogen) atoms. The van der Waals surface area contributed by atoms with Gasteiger partial charge in [-0.1, -0.05) is 0 Å². The summed E-state index contributed by atoms with van der Waals surface area (Å²) in [5, 5.41) is 6.53. The standard InChI is InChI=1S/C17H29BN3O7PS2/c1-25-10-12-15(28-29(24,31)26-2)11(16(18)27-12)4-3-7-19-17(30)20-8-9-21-13(22)5-6-14(21)23/h5-6,11-12,15-16H,3-4,7-10,18H2,1-2H3,(H,24,31)(H2,19,20,30)/t11-,12+,15?,16+,29?/m0/s1. The van der Waals surface area contributed by atoms with Crippen LogP contribution in [0.4, 0.5) is 0 Å². The first-order valence-electron chi connectivity index (χ1n) is 9.95. The highest BCUT2D eigenvalue weighted by Gasteiger charge is 2.44. The highest BCUT2D eigenvalue weighted by molar-refractivity contribution is 8.07. The minimum atomic E-state index is -3.34. The number of ether oxygens (including phenoxy) is 2. The number of imide groups is 1. The lowest BCUT2D eigenvalue weighted by atomic mass is 9.82. The molecule has 0 aromatic heterocycles. The van der Waals surface area contributed by atoms with E-state index in [-0.39, 0.29) is 36.4 Å². The number of nitrogens with one attached hydrogen (secondary N) is 2. The van der Waals surface area contributed by atoms with Crippen LogP contribution in [0.3, 0.4) is 0 Å². The van der Waals surface area contributed by atoms with Crippen LogP contribution in [0.5, 0.6) is 0 Å². The number of amides is 2. The second-order valence-corrected chi connectivity index (χ2v) is 10.5. The average Bonchev–Trinajstić information content (AvgIpc) is 3.18. The molecule has 2 amide bonds. The number of thiocarbonyl (C=S) groups is 1. The van der Waals surface area contributed by atoms with E-state index in [1.807, 2.05) is 7.85 Å². The Hall–Kier alpha value is -0.915. The van der Waals surface area contributed by atoms with Gasteiger partial charge in [0, 0.05) is 57.9 Å². The number of carbonyl (C=O) groups is 2. The average molecular weight is 493 g/mol. The summed E-state index contributed by atoms with van der Waals surface area (Å²) in [5.41, 5.74) is 0. The molecule has 0 bridgehead atoms. The molecule has 2 heterocycles. The number of hydrogen-bond donors (Lipinski definition) is 3. The Kier molecular flexibility index (Phi) is 10.5. The Labute approximate surface area is 193 Å². The summed E-state index contributed by atoms with van der Waals surface area (Å²) in [6.45, 7) is -1.79. The summed E-state index contributed by atoms with van der Waals surface area (Å²) >= 11 is 10.2. The first-order valence-corrected chi connectivity index (χ1v) is 12.9. The number of rotatable bonds is 12. The van der Waals surface area contributed by atoms with Gasteiger partial charge in [-0.05, 0) is 36.9 Å². The third-order valence-corrected chi connectivity index (χ3v) is 7.08. The topological polar surface area (TPSA) is 119 Å². The molecule has 1 fully saturated rings. The van der Waals surface area contributed by atoms with Gasteiger partial charge in [0.2, 0.25) is 0 Å². The van der Waals surface area contributed by atoms with E-state index in [2.05, 4.69) is 10.6 Å². The van der Waals surface area contributed by atoms with E-state index in [0.29, 0.717) is 24.8 Å². The molecule has 10 nitrogen and oxygen atoms in total. The quantitative estimate of drug-likeness (QED) is 0.102. The van der Waals surface area contributed by atoms with Crippen LogP contribution < -0.4 is 10.6 Å². The van der Waals surface area contributed by atoms with Crippen molar-refractivity contribution in [3.8, 4) is 0 Å². The van der Waals surface area contributed by atoms with Gasteiger partial charge in [0.1, 0.15) is 20.1 Å². The zero-order chi connectivity index (χ0) is 23.0. The Morgan fingerprint density at radius 1 is 1.29 bits per heavy atom. The second-order valence-electron chi connectivity index (χ2n) is 7.21. The third kappa shape index (κ3) is 7.87. The van der Waals surface area contributed by atoms with Gasteiger partial charge >= 0.3 is 6.72 Å². The lowest BCUT2D eigenvalue weighted by Gasteiger charge is -2.27. The zero-order valence-corrected chi connectivity index (χ0v) is 20.3. The molecule has 14 heteroatoms. The van der Waals surface area contributed by atoms with E-state index in [1.54, 1.807) is 7.11 Å². The van der Waals surface area contributed by atoms with E-state index in [1.165, 1.54) is 19.3 Å². The summed E-state index contributed by atoms with van der Waals surface area (Å²) in [4.78, 5) is 34.3. The lowest BCUT2D eigenvalue weighted by Crippen LogP contribution is -2.42. The SMILES string of the molecule is B[C@@H]1O[C@H](COC)C(OP(O)(=S)OC)[C@@H]1CCCNC(=S)NCCN1C(=O)C=CC1=O. The van der Waals surface area contributed by atoms with Crippen LogP contribution in [0.15, 0.2) is 12.2 Å². The largest absolute Gasteiger partial charge is 0.382 e. The number of hydrogen-bond acceptors (Lipinski definition) is 8. The maximum atomic E-state index is 11.5. The predicted octanol–water partition coefficient (Wildman–Crippen LogP) is -0.975. The van der Waals surface area contributed by atoms with Crippen LogP contribution in [0.2, 0.25) is 0 Å². The summed E-state index contributed by atoms with van der Waals surface area (Å²) in [6, 6.07) is -0.0915. The van der Waals surface area contributed by atoms with Crippen molar-refractivity contribution in [1.82, 2.24) is 15.5 Å². The second kappa shape index (κ2) is 12.4. The molecular weight excluding hydrogens is 464 g/mol. The van der Waals surface area contributed by atoms with Crippen molar-refractivity contribution < 1.29 is 33.0 Å². The van der Waals surface area contributed by atoms with Crippen molar-refractivity contribution in [2.24, 2.45) is 5.92 Å².